The molecule has 82 valence electrons. The van der Waals surface area contributed by atoms with Gasteiger partial charge in [-0.15, -0.1) is 0 Å². The number of allylic oxidation sites excluding steroid dienone is 1. The summed E-state index contributed by atoms with van der Waals surface area (Å²) in [6.45, 7) is 0. The summed E-state index contributed by atoms with van der Waals surface area (Å²) in [6.07, 6.45) is 2.31. The Bertz CT molecular complexity index is 325. The zero-order chi connectivity index (χ0) is 10.8. The molecule has 15 heavy (non-hydrogen) atoms. The van der Waals surface area contributed by atoms with E-state index in [0.717, 1.165) is 0 Å². The third-order valence-corrected chi connectivity index (χ3v) is 2.98. The van der Waals surface area contributed by atoms with Crippen LogP contribution in [0.25, 0.3) is 10.4 Å². The second kappa shape index (κ2) is 4.10. The Hall–Kier alpha value is -1.23. The van der Waals surface area contributed by atoms with Crippen LogP contribution in [0.1, 0.15) is 19.3 Å². The maximum atomic E-state index is 9.54. The van der Waals surface area contributed by atoms with Crippen LogP contribution in [0.2, 0.25) is 0 Å². The molecule has 4 atom stereocenters. The Labute approximate surface area is 86.8 Å². The standard InChI is InChI=1S/C9H13N3O3/c10-12-11-7-3-5-1-2-6(13)4-8(5)15-9(7)14/h2,5,7-9,13-14H,1,3-4H2. The number of rotatable bonds is 1. The molecule has 0 spiro atoms. The first-order valence-electron chi connectivity index (χ1n) is 4.96. The average Bonchev–Trinajstić information content (AvgIpc) is 2.20. The molecule has 0 radical (unpaired) electrons. The molecule has 6 heteroatoms. The first-order valence-corrected chi connectivity index (χ1v) is 4.96. The minimum Gasteiger partial charge on any atom is -0.513 e. The monoisotopic (exact) mass is 211 g/mol. The Kier molecular flexibility index (Phi) is 2.81. The predicted octanol–water partition coefficient (Wildman–Crippen LogP) is 1.62. The van der Waals surface area contributed by atoms with Gasteiger partial charge in [-0.25, -0.2) is 0 Å². The molecule has 0 saturated carbocycles. The van der Waals surface area contributed by atoms with E-state index in [1.807, 2.05) is 0 Å². The van der Waals surface area contributed by atoms with Crippen molar-refractivity contribution in [1.82, 2.24) is 0 Å². The van der Waals surface area contributed by atoms with E-state index in [0.29, 0.717) is 25.0 Å². The Balaban J connectivity index is 2.08. The van der Waals surface area contributed by atoms with Gasteiger partial charge in [0.25, 0.3) is 0 Å². The molecular formula is C9H13N3O3. The summed E-state index contributed by atoms with van der Waals surface area (Å²) in [6, 6.07) is -0.509. The summed E-state index contributed by atoms with van der Waals surface area (Å²) in [5.41, 5.74) is 8.31. The molecular weight excluding hydrogens is 198 g/mol. The molecule has 1 aliphatic carbocycles. The molecule has 2 N–H and O–H groups in total. The summed E-state index contributed by atoms with van der Waals surface area (Å²) in [5.74, 6) is 0.533. The van der Waals surface area contributed by atoms with Gasteiger partial charge in [-0.2, -0.15) is 0 Å². The van der Waals surface area contributed by atoms with Crippen LogP contribution in [-0.4, -0.2) is 28.6 Å². The highest BCUT2D eigenvalue weighted by Crippen LogP contribution is 2.35. The van der Waals surface area contributed by atoms with Crippen LogP contribution in [0.15, 0.2) is 16.9 Å². The second-order valence-corrected chi connectivity index (χ2v) is 3.97. The van der Waals surface area contributed by atoms with Crippen LogP contribution in [0.4, 0.5) is 0 Å². The van der Waals surface area contributed by atoms with Crippen LogP contribution in [0, 0.1) is 5.92 Å². The second-order valence-electron chi connectivity index (χ2n) is 3.97. The molecule has 0 bridgehead atoms. The van der Waals surface area contributed by atoms with Crippen molar-refractivity contribution in [3.05, 3.63) is 22.3 Å². The van der Waals surface area contributed by atoms with Crippen molar-refractivity contribution in [2.24, 2.45) is 11.0 Å². The third-order valence-electron chi connectivity index (χ3n) is 2.98. The highest BCUT2D eigenvalue weighted by Gasteiger charge is 2.38. The van der Waals surface area contributed by atoms with Crippen molar-refractivity contribution in [2.75, 3.05) is 0 Å². The zero-order valence-electron chi connectivity index (χ0n) is 8.15. The Morgan fingerprint density at radius 1 is 1.60 bits per heavy atom. The van der Waals surface area contributed by atoms with Gasteiger partial charge in [0, 0.05) is 11.3 Å². The van der Waals surface area contributed by atoms with Crippen molar-refractivity contribution >= 4 is 0 Å². The smallest absolute Gasteiger partial charge is 0.163 e. The Morgan fingerprint density at radius 3 is 3.13 bits per heavy atom. The van der Waals surface area contributed by atoms with Crippen molar-refractivity contribution in [2.45, 2.75) is 37.7 Å². The van der Waals surface area contributed by atoms with E-state index in [-0.39, 0.29) is 12.0 Å². The van der Waals surface area contributed by atoms with E-state index in [1.54, 1.807) is 6.08 Å². The van der Waals surface area contributed by atoms with Gasteiger partial charge in [0.15, 0.2) is 6.29 Å². The molecule has 6 nitrogen and oxygen atoms in total. The van der Waals surface area contributed by atoms with Crippen molar-refractivity contribution in [3.8, 4) is 0 Å². The number of ether oxygens (including phenoxy) is 1. The quantitative estimate of drug-likeness (QED) is 0.391. The SMILES string of the molecule is [N-]=[N+]=NC1CC2CC=C(O)CC2OC1O. The highest BCUT2D eigenvalue weighted by molar-refractivity contribution is 5.04. The van der Waals surface area contributed by atoms with E-state index >= 15 is 0 Å². The number of aliphatic hydroxyl groups is 2. The summed E-state index contributed by atoms with van der Waals surface area (Å²) >= 11 is 0. The van der Waals surface area contributed by atoms with Crippen molar-refractivity contribution in [3.63, 3.8) is 0 Å². The van der Waals surface area contributed by atoms with Crippen LogP contribution in [-0.2, 0) is 4.74 Å². The van der Waals surface area contributed by atoms with E-state index in [1.165, 1.54) is 0 Å². The maximum Gasteiger partial charge on any atom is 0.163 e. The van der Waals surface area contributed by atoms with Gasteiger partial charge in [-0.3, -0.25) is 0 Å². The molecule has 1 heterocycles. The van der Waals surface area contributed by atoms with Gasteiger partial charge in [-0.05, 0) is 30.4 Å². The molecule has 0 aromatic heterocycles. The van der Waals surface area contributed by atoms with Gasteiger partial charge >= 0.3 is 0 Å². The maximum absolute atomic E-state index is 9.54. The number of nitrogens with zero attached hydrogens (tertiary/aromatic N) is 3. The van der Waals surface area contributed by atoms with Crippen molar-refractivity contribution in [1.29, 1.82) is 0 Å². The zero-order valence-corrected chi connectivity index (χ0v) is 8.15. The van der Waals surface area contributed by atoms with Crippen molar-refractivity contribution < 1.29 is 14.9 Å². The van der Waals surface area contributed by atoms with Crippen LogP contribution in [0.3, 0.4) is 0 Å². The highest BCUT2D eigenvalue weighted by atomic mass is 16.6. The van der Waals surface area contributed by atoms with E-state index in [4.69, 9.17) is 10.3 Å². The van der Waals surface area contributed by atoms with Gasteiger partial charge in [0.1, 0.15) is 0 Å². The largest absolute Gasteiger partial charge is 0.513 e. The lowest BCUT2D eigenvalue weighted by Gasteiger charge is -2.39. The summed E-state index contributed by atoms with van der Waals surface area (Å²) < 4.78 is 5.32. The summed E-state index contributed by atoms with van der Waals surface area (Å²) in [4.78, 5) is 2.68. The minimum absolute atomic E-state index is 0.157. The van der Waals surface area contributed by atoms with Gasteiger partial charge in [0.05, 0.1) is 17.9 Å². The van der Waals surface area contributed by atoms with Crippen LogP contribution < -0.4 is 0 Å². The topological polar surface area (TPSA) is 98.5 Å². The average molecular weight is 211 g/mol. The van der Waals surface area contributed by atoms with E-state index < -0.39 is 12.3 Å². The molecule has 0 amide bonds. The lowest BCUT2D eigenvalue weighted by Crippen LogP contribution is -2.44. The molecule has 1 saturated heterocycles. The lowest BCUT2D eigenvalue weighted by atomic mass is 9.83. The molecule has 2 rings (SSSR count). The molecule has 1 aliphatic heterocycles. The van der Waals surface area contributed by atoms with Crippen LogP contribution in [0.5, 0.6) is 0 Å². The summed E-state index contributed by atoms with van der Waals surface area (Å²) in [7, 11) is 0. The molecule has 2 aliphatic rings. The fraction of sp³-hybridized carbons (Fsp3) is 0.778. The van der Waals surface area contributed by atoms with E-state index in [9.17, 15) is 10.2 Å². The lowest BCUT2D eigenvalue weighted by molar-refractivity contribution is -0.194. The minimum atomic E-state index is -1.05. The number of fused-ring (bicyclic) bond motifs is 1. The molecule has 0 aromatic rings. The molecule has 1 fully saturated rings. The first kappa shape index (κ1) is 10.3. The summed E-state index contributed by atoms with van der Waals surface area (Å²) in [5, 5.41) is 22.4. The number of aliphatic hydroxyl groups excluding tert-OH is 2. The first-order chi connectivity index (χ1) is 7.20. The molecule has 4 unspecified atom stereocenters. The Morgan fingerprint density at radius 2 is 2.40 bits per heavy atom. The van der Waals surface area contributed by atoms with Gasteiger partial charge in [0.2, 0.25) is 0 Å². The number of azide groups is 1. The fourth-order valence-electron chi connectivity index (χ4n) is 2.17. The third kappa shape index (κ3) is 2.07. The normalized spacial score (nSPS) is 39.9. The van der Waals surface area contributed by atoms with Gasteiger partial charge in [-0.1, -0.05) is 5.11 Å². The fourth-order valence-corrected chi connectivity index (χ4v) is 2.17. The van der Waals surface area contributed by atoms with Crippen LogP contribution >= 0.6 is 0 Å². The predicted molar refractivity (Wildman–Crippen MR) is 51.9 cm³/mol. The van der Waals surface area contributed by atoms with Gasteiger partial charge < -0.3 is 14.9 Å². The molecule has 0 aromatic carbocycles. The number of hydrogen-bond donors (Lipinski definition) is 2. The van der Waals surface area contributed by atoms with E-state index in [2.05, 4.69) is 10.0 Å². The number of hydrogen-bond acceptors (Lipinski definition) is 4.